The van der Waals surface area contributed by atoms with Gasteiger partial charge >= 0.3 is 5.76 Å². The van der Waals surface area contributed by atoms with Gasteiger partial charge in [0.2, 0.25) is 15.7 Å². The van der Waals surface area contributed by atoms with E-state index in [4.69, 9.17) is 5.73 Å². The molecule has 0 spiro atoms. The summed E-state index contributed by atoms with van der Waals surface area (Å²) < 4.78 is 48.1. The topological polar surface area (TPSA) is 80.5 Å². The molecule has 27 heavy (non-hydrogen) atoms. The van der Waals surface area contributed by atoms with E-state index in [1.807, 2.05) is 30.3 Å². The van der Waals surface area contributed by atoms with Gasteiger partial charge in [-0.15, -0.1) is 0 Å². The lowest BCUT2D eigenvalue weighted by molar-refractivity contribution is -0.131. The number of sulfone groups is 1. The van der Waals surface area contributed by atoms with Gasteiger partial charge in [0.1, 0.15) is 0 Å². The summed E-state index contributed by atoms with van der Waals surface area (Å²) in [6.45, 7) is 1.40. The zero-order chi connectivity index (χ0) is 19.9. The van der Waals surface area contributed by atoms with E-state index in [2.05, 4.69) is 0 Å². The first-order chi connectivity index (χ1) is 12.8. The number of nitrogens with zero attached hydrogens (tertiary/aromatic N) is 1. The molecular formula is C19H22F2N2O3S. The minimum atomic E-state index is -4.63. The number of carbonyl (C=O) groups excluding carboxylic acids is 1. The van der Waals surface area contributed by atoms with Gasteiger partial charge in [0.15, 0.2) is 0 Å². The van der Waals surface area contributed by atoms with Gasteiger partial charge in [-0.25, -0.2) is 8.42 Å². The Bertz CT molecular complexity index is 841. The van der Waals surface area contributed by atoms with Crippen LogP contribution in [0.25, 0.3) is 0 Å². The Morgan fingerprint density at radius 2 is 1.63 bits per heavy atom. The molecule has 2 N–H and O–H groups in total. The second-order valence-corrected chi connectivity index (χ2v) is 7.99. The highest BCUT2D eigenvalue weighted by Gasteiger charge is 2.26. The third-order valence-electron chi connectivity index (χ3n) is 4.04. The molecule has 0 aromatic heterocycles. The van der Waals surface area contributed by atoms with Crippen molar-refractivity contribution in [3.8, 4) is 0 Å². The van der Waals surface area contributed by atoms with Crippen LogP contribution in [0.4, 0.5) is 8.78 Å². The number of amides is 1. The van der Waals surface area contributed by atoms with Crippen LogP contribution in [0, 0.1) is 0 Å². The number of hydrogen-bond acceptors (Lipinski definition) is 4. The third-order valence-corrected chi connectivity index (χ3v) is 5.44. The lowest BCUT2D eigenvalue weighted by Gasteiger charge is -2.23. The molecule has 0 heterocycles. The molecule has 0 aliphatic rings. The molecule has 146 valence electrons. The van der Waals surface area contributed by atoms with Crippen molar-refractivity contribution >= 4 is 15.7 Å². The summed E-state index contributed by atoms with van der Waals surface area (Å²) in [6, 6.07) is 14.5. The van der Waals surface area contributed by atoms with Gasteiger partial charge in [0.05, 0.1) is 11.3 Å². The number of benzene rings is 2. The predicted molar refractivity (Wildman–Crippen MR) is 98.9 cm³/mol. The van der Waals surface area contributed by atoms with Crippen molar-refractivity contribution in [2.45, 2.75) is 30.0 Å². The normalized spacial score (nSPS) is 11.6. The highest BCUT2D eigenvalue weighted by molar-refractivity contribution is 7.91. The zero-order valence-corrected chi connectivity index (χ0v) is 15.5. The summed E-state index contributed by atoms with van der Waals surface area (Å²) in [6.07, 6.45) is 0.705. The highest BCUT2D eigenvalue weighted by atomic mass is 32.2. The lowest BCUT2D eigenvalue weighted by atomic mass is 10.1. The van der Waals surface area contributed by atoms with Crippen LogP contribution < -0.4 is 5.73 Å². The number of nitrogens with two attached hydrogens (primary N) is 1. The van der Waals surface area contributed by atoms with Crippen LogP contribution in [-0.4, -0.2) is 38.1 Å². The molecule has 5 nitrogen and oxygen atoms in total. The molecule has 0 bridgehead atoms. The maximum Gasteiger partial charge on any atom is 0.341 e. The van der Waals surface area contributed by atoms with E-state index in [0.717, 1.165) is 17.7 Å². The van der Waals surface area contributed by atoms with Gasteiger partial charge in [-0.1, -0.05) is 42.5 Å². The molecular weight excluding hydrogens is 374 g/mol. The molecule has 0 aliphatic carbocycles. The Kier molecular flexibility index (Phi) is 7.44. The van der Waals surface area contributed by atoms with Crippen molar-refractivity contribution in [2.75, 3.05) is 13.1 Å². The van der Waals surface area contributed by atoms with Crippen molar-refractivity contribution in [3.05, 3.63) is 65.7 Å². The van der Waals surface area contributed by atoms with Crippen LogP contribution in [0.1, 0.15) is 17.5 Å². The van der Waals surface area contributed by atoms with E-state index in [0.29, 0.717) is 31.6 Å². The van der Waals surface area contributed by atoms with E-state index >= 15 is 0 Å². The van der Waals surface area contributed by atoms with Crippen LogP contribution in [-0.2, 0) is 27.6 Å². The van der Waals surface area contributed by atoms with Crippen LogP contribution >= 0.6 is 0 Å². The minimum Gasteiger partial charge on any atom is -0.338 e. The summed E-state index contributed by atoms with van der Waals surface area (Å²) in [5.41, 5.74) is 7.09. The Morgan fingerprint density at radius 1 is 1.00 bits per heavy atom. The summed E-state index contributed by atoms with van der Waals surface area (Å²) in [7, 11) is -4.63. The molecule has 1 amide bonds. The average molecular weight is 396 g/mol. The smallest absolute Gasteiger partial charge is 0.338 e. The van der Waals surface area contributed by atoms with Gasteiger partial charge in [-0.2, -0.15) is 8.78 Å². The van der Waals surface area contributed by atoms with Gasteiger partial charge in [0.25, 0.3) is 0 Å². The monoisotopic (exact) mass is 396 g/mol. The van der Waals surface area contributed by atoms with Gasteiger partial charge in [0, 0.05) is 13.1 Å². The van der Waals surface area contributed by atoms with E-state index in [9.17, 15) is 22.0 Å². The number of halogens is 2. The van der Waals surface area contributed by atoms with E-state index < -0.39 is 20.5 Å². The maximum atomic E-state index is 12.7. The van der Waals surface area contributed by atoms with Gasteiger partial charge < -0.3 is 10.6 Å². The number of alkyl halides is 2. The number of carbonyl (C=O) groups is 1. The molecule has 0 saturated carbocycles. The maximum absolute atomic E-state index is 12.7. The molecule has 0 atom stereocenters. The Balaban J connectivity index is 2.09. The molecule has 0 saturated heterocycles. The number of hydrogen-bond donors (Lipinski definition) is 1. The lowest BCUT2D eigenvalue weighted by Crippen LogP contribution is -2.33. The summed E-state index contributed by atoms with van der Waals surface area (Å²) >= 11 is 0. The van der Waals surface area contributed by atoms with Crippen molar-refractivity contribution in [1.82, 2.24) is 4.90 Å². The van der Waals surface area contributed by atoms with Crippen LogP contribution in [0.15, 0.2) is 59.5 Å². The first kappa shape index (κ1) is 21.0. The van der Waals surface area contributed by atoms with E-state index in [-0.39, 0.29) is 12.3 Å². The van der Waals surface area contributed by atoms with Crippen molar-refractivity contribution in [2.24, 2.45) is 5.73 Å². The molecule has 2 aromatic rings. The van der Waals surface area contributed by atoms with Crippen molar-refractivity contribution in [1.29, 1.82) is 0 Å². The van der Waals surface area contributed by atoms with Crippen molar-refractivity contribution < 1.29 is 22.0 Å². The molecule has 0 unspecified atom stereocenters. The third kappa shape index (κ3) is 5.83. The van der Waals surface area contributed by atoms with E-state index in [1.54, 1.807) is 4.90 Å². The fraction of sp³-hybridized carbons (Fsp3) is 0.316. The first-order valence-corrected chi connectivity index (χ1v) is 10.0. The van der Waals surface area contributed by atoms with Crippen LogP contribution in [0.3, 0.4) is 0 Å². The van der Waals surface area contributed by atoms with Crippen molar-refractivity contribution in [3.63, 3.8) is 0 Å². The Morgan fingerprint density at radius 3 is 2.19 bits per heavy atom. The summed E-state index contributed by atoms with van der Waals surface area (Å²) in [5.74, 6) is -3.61. The molecule has 0 radical (unpaired) electrons. The highest BCUT2D eigenvalue weighted by Crippen LogP contribution is 2.19. The second kappa shape index (κ2) is 9.57. The Labute approximate surface area is 157 Å². The molecule has 0 aliphatic heterocycles. The standard InChI is InChI=1S/C19H22F2N2O3S/c20-19(21)27(25,26)17-9-7-15(8-10-17)13-18(24)23(12-4-11-22)14-16-5-2-1-3-6-16/h1-3,5-10,19H,4,11-14,22H2. The van der Waals surface area contributed by atoms with Crippen LogP contribution in [0.2, 0.25) is 0 Å². The molecule has 0 fully saturated rings. The van der Waals surface area contributed by atoms with Gasteiger partial charge in [-0.05, 0) is 36.2 Å². The SMILES string of the molecule is NCCCN(Cc1ccccc1)C(=O)Cc1ccc(S(=O)(=O)C(F)F)cc1. The van der Waals surface area contributed by atoms with Crippen LogP contribution in [0.5, 0.6) is 0 Å². The second-order valence-electron chi connectivity index (χ2n) is 6.07. The van der Waals surface area contributed by atoms with Gasteiger partial charge in [-0.3, -0.25) is 4.79 Å². The molecule has 2 rings (SSSR count). The fourth-order valence-electron chi connectivity index (χ4n) is 2.56. The largest absolute Gasteiger partial charge is 0.341 e. The summed E-state index contributed by atoms with van der Waals surface area (Å²) in [5, 5.41) is 0. The number of rotatable bonds is 9. The molecule has 2 aromatic carbocycles. The zero-order valence-electron chi connectivity index (χ0n) is 14.7. The molecule has 8 heteroatoms. The van der Waals surface area contributed by atoms with E-state index in [1.165, 1.54) is 12.1 Å². The first-order valence-electron chi connectivity index (χ1n) is 8.47. The fourth-order valence-corrected chi connectivity index (χ4v) is 3.29. The minimum absolute atomic E-state index is 0.0480. The average Bonchev–Trinajstić information content (AvgIpc) is 2.66. The summed E-state index contributed by atoms with van der Waals surface area (Å²) in [4.78, 5) is 13.9. The Hall–Kier alpha value is -2.32. The predicted octanol–water partition coefficient (Wildman–Crippen LogP) is 2.60. The quantitative estimate of drug-likeness (QED) is 0.707.